The molecule has 0 aliphatic carbocycles. The number of benzene rings is 1. The number of ether oxygens (including phenoxy) is 2. The molecule has 0 amide bonds. The summed E-state index contributed by atoms with van der Waals surface area (Å²) in [5.41, 5.74) is 3.36. The molecule has 1 aliphatic rings. The van der Waals surface area contributed by atoms with E-state index < -0.39 is 0 Å². The summed E-state index contributed by atoms with van der Waals surface area (Å²) >= 11 is 0. The number of nitrogens with zero attached hydrogens (tertiary/aromatic N) is 2. The molecule has 1 saturated heterocycles. The highest BCUT2D eigenvalue weighted by Crippen LogP contribution is 2.22. The molecule has 2 aromatic rings. The van der Waals surface area contributed by atoms with Crippen molar-refractivity contribution in [3.63, 3.8) is 0 Å². The molecule has 0 saturated carbocycles. The van der Waals surface area contributed by atoms with E-state index in [2.05, 4.69) is 45.7 Å². The fraction of sp³-hybridized carbons (Fsp3) is 0.455. The second-order valence-electron chi connectivity index (χ2n) is 6.98. The zero-order valence-corrected chi connectivity index (χ0v) is 16.8. The van der Waals surface area contributed by atoms with E-state index in [1.165, 1.54) is 5.56 Å². The second kappa shape index (κ2) is 10.7. The molecule has 1 unspecified atom stereocenters. The van der Waals surface area contributed by atoms with Crippen LogP contribution in [0.5, 0.6) is 5.75 Å². The van der Waals surface area contributed by atoms with Crippen LogP contribution in [-0.2, 0) is 17.7 Å². The summed E-state index contributed by atoms with van der Waals surface area (Å²) in [6, 6.07) is 12.3. The maximum absolute atomic E-state index is 6.07. The van der Waals surface area contributed by atoms with E-state index >= 15 is 0 Å². The molecule has 0 bridgehead atoms. The monoisotopic (exact) mass is 382 g/mol. The van der Waals surface area contributed by atoms with Crippen molar-refractivity contribution in [1.29, 1.82) is 0 Å². The minimum absolute atomic E-state index is 0.211. The Hall–Kier alpha value is -2.60. The Labute approximate surface area is 167 Å². The number of nitrogens with one attached hydrogen (secondary N) is 2. The lowest BCUT2D eigenvalue weighted by atomic mass is 10.1. The highest BCUT2D eigenvalue weighted by molar-refractivity contribution is 5.79. The molecule has 1 aliphatic heterocycles. The predicted molar refractivity (Wildman–Crippen MR) is 112 cm³/mol. The van der Waals surface area contributed by atoms with Crippen LogP contribution in [0, 0.1) is 6.92 Å². The van der Waals surface area contributed by atoms with Crippen molar-refractivity contribution in [2.24, 2.45) is 4.99 Å². The Bertz CT molecular complexity index is 758. The molecule has 0 spiro atoms. The quantitative estimate of drug-likeness (QED) is 0.543. The number of aromatic nitrogens is 1. The topological polar surface area (TPSA) is 67.8 Å². The van der Waals surface area contributed by atoms with Gasteiger partial charge in [-0.05, 0) is 43.5 Å². The first-order valence-corrected chi connectivity index (χ1v) is 9.93. The van der Waals surface area contributed by atoms with Crippen molar-refractivity contribution in [3.8, 4) is 5.75 Å². The minimum Gasteiger partial charge on any atom is -0.491 e. The van der Waals surface area contributed by atoms with Gasteiger partial charge in [0.25, 0.3) is 0 Å². The summed E-state index contributed by atoms with van der Waals surface area (Å²) in [5, 5.41) is 6.70. The molecular weight excluding hydrogens is 352 g/mol. The largest absolute Gasteiger partial charge is 0.491 e. The first-order valence-electron chi connectivity index (χ1n) is 9.93. The number of aryl methyl sites for hydroxylation is 1. The third kappa shape index (κ3) is 6.23. The molecule has 1 fully saturated rings. The van der Waals surface area contributed by atoms with Gasteiger partial charge in [0.15, 0.2) is 5.96 Å². The van der Waals surface area contributed by atoms with E-state index in [1.54, 1.807) is 7.05 Å². The summed E-state index contributed by atoms with van der Waals surface area (Å²) in [5.74, 6) is 1.67. The summed E-state index contributed by atoms with van der Waals surface area (Å²) in [4.78, 5) is 8.64. The Morgan fingerprint density at radius 2 is 2.21 bits per heavy atom. The zero-order chi connectivity index (χ0) is 19.6. The number of aliphatic imine (C=N–C) groups is 1. The van der Waals surface area contributed by atoms with Gasteiger partial charge in [-0.3, -0.25) is 9.98 Å². The predicted octanol–water partition coefficient (Wildman–Crippen LogP) is 2.86. The normalized spacial score (nSPS) is 16.8. The average molecular weight is 383 g/mol. The maximum Gasteiger partial charge on any atom is 0.191 e. The highest BCUT2D eigenvalue weighted by atomic mass is 16.5. The van der Waals surface area contributed by atoms with Crippen LogP contribution in [-0.4, -0.2) is 43.9 Å². The Morgan fingerprint density at radius 3 is 2.96 bits per heavy atom. The van der Waals surface area contributed by atoms with E-state index in [4.69, 9.17) is 9.47 Å². The van der Waals surface area contributed by atoms with Gasteiger partial charge in [-0.15, -0.1) is 0 Å². The van der Waals surface area contributed by atoms with Crippen LogP contribution in [0.15, 0.2) is 47.6 Å². The van der Waals surface area contributed by atoms with Crippen molar-refractivity contribution in [2.45, 2.75) is 38.8 Å². The lowest BCUT2D eigenvalue weighted by Crippen LogP contribution is -2.38. The average Bonchev–Trinajstić information content (AvgIpc) is 3.24. The fourth-order valence-corrected chi connectivity index (χ4v) is 3.16. The van der Waals surface area contributed by atoms with Gasteiger partial charge < -0.3 is 20.1 Å². The Morgan fingerprint density at radius 1 is 1.29 bits per heavy atom. The number of hydrogen-bond acceptors (Lipinski definition) is 4. The van der Waals surface area contributed by atoms with Gasteiger partial charge in [0, 0.05) is 50.6 Å². The van der Waals surface area contributed by atoms with E-state index in [1.807, 2.05) is 24.4 Å². The van der Waals surface area contributed by atoms with Gasteiger partial charge in [0.1, 0.15) is 12.4 Å². The van der Waals surface area contributed by atoms with Gasteiger partial charge in [-0.25, -0.2) is 0 Å². The van der Waals surface area contributed by atoms with Gasteiger partial charge >= 0.3 is 0 Å². The summed E-state index contributed by atoms with van der Waals surface area (Å²) in [7, 11) is 1.78. The highest BCUT2D eigenvalue weighted by Gasteiger charge is 2.17. The first kappa shape index (κ1) is 20.1. The maximum atomic E-state index is 6.07. The minimum atomic E-state index is 0.211. The molecule has 1 aromatic carbocycles. The first-order chi connectivity index (χ1) is 13.7. The number of rotatable bonds is 8. The van der Waals surface area contributed by atoms with Gasteiger partial charge in [0.05, 0.1) is 6.10 Å². The van der Waals surface area contributed by atoms with E-state index in [9.17, 15) is 0 Å². The van der Waals surface area contributed by atoms with E-state index in [-0.39, 0.29) is 6.10 Å². The van der Waals surface area contributed by atoms with Crippen molar-refractivity contribution in [2.75, 3.05) is 26.8 Å². The standard InChI is InChI=1S/C22H30N4O2/c1-17-8-9-18(21(14-17)28-16-20-7-5-13-27-20)15-26-22(23-2)25-12-10-19-6-3-4-11-24-19/h3-4,6,8-9,11,14,20H,5,7,10,12-13,15-16H2,1-2H3,(H2,23,25,26). The summed E-state index contributed by atoms with van der Waals surface area (Å²) in [6.45, 7) is 4.94. The van der Waals surface area contributed by atoms with Crippen molar-refractivity contribution >= 4 is 5.96 Å². The molecule has 2 heterocycles. The van der Waals surface area contributed by atoms with Crippen LogP contribution in [0.25, 0.3) is 0 Å². The Kier molecular flexibility index (Phi) is 7.67. The van der Waals surface area contributed by atoms with Crippen molar-refractivity contribution in [3.05, 3.63) is 59.4 Å². The van der Waals surface area contributed by atoms with E-state index in [0.29, 0.717) is 13.2 Å². The molecular formula is C22H30N4O2. The van der Waals surface area contributed by atoms with Crippen LogP contribution in [0.2, 0.25) is 0 Å². The third-order valence-corrected chi connectivity index (χ3v) is 4.74. The number of pyridine rings is 1. The lowest BCUT2D eigenvalue weighted by Gasteiger charge is -2.17. The second-order valence-corrected chi connectivity index (χ2v) is 6.98. The molecule has 0 radical (unpaired) electrons. The molecule has 6 heteroatoms. The van der Waals surface area contributed by atoms with Crippen LogP contribution in [0.4, 0.5) is 0 Å². The lowest BCUT2D eigenvalue weighted by molar-refractivity contribution is 0.0676. The van der Waals surface area contributed by atoms with Gasteiger partial charge in [0.2, 0.25) is 0 Å². The van der Waals surface area contributed by atoms with E-state index in [0.717, 1.165) is 55.4 Å². The summed E-state index contributed by atoms with van der Waals surface area (Å²) < 4.78 is 11.7. The molecule has 2 N–H and O–H groups in total. The summed E-state index contributed by atoms with van der Waals surface area (Å²) in [6.07, 6.45) is 5.07. The van der Waals surface area contributed by atoms with Crippen molar-refractivity contribution in [1.82, 2.24) is 15.6 Å². The van der Waals surface area contributed by atoms with Crippen LogP contribution >= 0.6 is 0 Å². The molecule has 1 aromatic heterocycles. The molecule has 150 valence electrons. The van der Waals surface area contributed by atoms with Gasteiger partial charge in [-0.2, -0.15) is 0 Å². The molecule has 28 heavy (non-hydrogen) atoms. The SMILES string of the molecule is CN=C(NCCc1ccccn1)NCc1ccc(C)cc1OCC1CCCO1. The van der Waals surface area contributed by atoms with Crippen molar-refractivity contribution < 1.29 is 9.47 Å². The molecule has 1 atom stereocenters. The number of guanidine groups is 1. The fourth-order valence-electron chi connectivity index (χ4n) is 3.16. The smallest absolute Gasteiger partial charge is 0.191 e. The van der Waals surface area contributed by atoms with Crippen LogP contribution in [0.1, 0.15) is 29.7 Å². The third-order valence-electron chi connectivity index (χ3n) is 4.74. The molecule has 3 rings (SSSR count). The van der Waals surface area contributed by atoms with Crippen LogP contribution in [0.3, 0.4) is 0 Å². The Balaban J connectivity index is 1.50. The van der Waals surface area contributed by atoms with Gasteiger partial charge in [-0.1, -0.05) is 18.2 Å². The zero-order valence-electron chi connectivity index (χ0n) is 16.8. The molecule has 6 nitrogen and oxygen atoms in total. The van der Waals surface area contributed by atoms with Crippen LogP contribution < -0.4 is 15.4 Å². The number of hydrogen-bond donors (Lipinski definition) is 2.